The van der Waals surface area contributed by atoms with E-state index in [1.165, 1.54) is 33.0 Å². The zero-order chi connectivity index (χ0) is 29.7. The Morgan fingerprint density at radius 2 is 1.02 bits per heavy atom. The van der Waals surface area contributed by atoms with E-state index in [1.807, 2.05) is 12.3 Å². The second-order valence-corrected chi connectivity index (χ2v) is 11.5. The van der Waals surface area contributed by atoms with Crippen LogP contribution >= 0.6 is 0 Å². The molecule has 0 aliphatic rings. The largest absolute Gasteiger partial charge is 0.308 e. The Bertz CT molecular complexity index is 2460. The number of para-hydroxylation sites is 1. The Morgan fingerprint density at radius 3 is 1.71 bits per heavy atom. The van der Waals surface area contributed by atoms with Gasteiger partial charge in [-0.1, -0.05) is 127 Å². The van der Waals surface area contributed by atoms with Crippen LogP contribution in [0.3, 0.4) is 0 Å². The van der Waals surface area contributed by atoms with Crippen LogP contribution in [-0.4, -0.2) is 14.5 Å². The molecule has 0 N–H and O–H groups in total. The third-order valence-electron chi connectivity index (χ3n) is 8.79. The molecule has 9 rings (SSSR count). The van der Waals surface area contributed by atoms with Gasteiger partial charge in [0.05, 0.1) is 34.0 Å². The van der Waals surface area contributed by atoms with Gasteiger partial charge in [0.15, 0.2) is 0 Å². The van der Waals surface area contributed by atoms with E-state index in [9.17, 15) is 0 Å². The number of aromatic nitrogens is 3. The molecule has 3 nitrogen and oxygen atoms in total. The molecule has 6 aromatic carbocycles. The molecule has 0 aliphatic carbocycles. The first kappa shape index (κ1) is 25.4. The summed E-state index contributed by atoms with van der Waals surface area (Å²) in [5, 5.41) is 4.58. The summed E-state index contributed by atoms with van der Waals surface area (Å²) < 4.78 is 2.37. The van der Waals surface area contributed by atoms with E-state index in [0.717, 1.165) is 49.8 Å². The van der Waals surface area contributed by atoms with Crippen molar-refractivity contribution in [3.05, 3.63) is 164 Å². The van der Waals surface area contributed by atoms with Gasteiger partial charge in [-0.2, -0.15) is 0 Å². The molecule has 0 radical (unpaired) electrons. The van der Waals surface area contributed by atoms with E-state index in [0.29, 0.717) is 0 Å². The van der Waals surface area contributed by atoms with Crippen molar-refractivity contribution in [3.8, 4) is 39.2 Å². The predicted octanol–water partition coefficient (Wildman–Crippen LogP) is 10.9. The monoisotopic (exact) mass is 573 g/mol. The molecule has 3 heteroatoms. The molecule has 0 unspecified atom stereocenters. The highest BCUT2D eigenvalue weighted by Gasteiger charge is 2.18. The number of hydrogen-bond donors (Lipinski definition) is 0. The first-order chi connectivity index (χ1) is 22.3. The summed E-state index contributed by atoms with van der Waals surface area (Å²) in [6.45, 7) is 0. The highest BCUT2D eigenvalue weighted by atomic mass is 15.0. The van der Waals surface area contributed by atoms with Crippen molar-refractivity contribution >= 4 is 43.6 Å². The SMILES string of the molecule is c1ccc(-c2cc(-c3ccccc3)cc(-n3c4ccccc4c4c5ccc6ccc(-c7ccccc7)nc6c5ncc43)c2)cc1. The maximum absolute atomic E-state index is 5.15. The highest BCUT2D eigenvalue weighted by molar-refractivity contribution is 6.23. The van der Waals surface area contributed by atoms with E-state index in [1.54, 1.807) is 0 Å². The summed E-state index contributed by atoms with van der Waals surface area (Å²) in [5.41, 5.74) is 11.9. The van der Waals surface area contributed by atoms with Crippen LogP contribution in [0.15, 0.2) is 164 Å². The van der Waals surface area contributed by atoms with Crippen LogP contribution in [0.25, 0.3) is 82.8 Å². The van der Waals surface area contributed by atoms with E-state index < -0.39 is 0 Å². The quantitative estimate of drug-likeness (QED) is 0.196. The summed E-state index contributed by atoms with van der Waals surface area (Å²) in [7, 11) is 0. The van der Waals surface area contributed by atoms with Crippen molar-refractivity contribution in [3.63, 3.8) is 0 Å². The minimum atomic E-state index is 0.920. The lowest BCUT2D eigenvalue weighted by Gasteiger charge is -2.14. The summed E-state index contributed by atoms with van der Waals surface area (Å²) >= 11 is 0. The summed E-state index contributed by atoms with van der Waals surface area (Å²) in [6, 6.07) is 55.8. The van der Waals surface area contributed by atoms with Gasteiger partial charge in [0, 0.05) is 32.8 Å². The zero-order valence-electron chi connectivity index (χ0n) is 24.4. The molecular weight excluding hydrogens is 546 g/mol. The fourth-order valence-electron chi connectivity index (χ4n) is 6.68. The third-order valence-corrected chi connectivity index (χ3v) is 8.79. The maximum atomic E-state index is 5.15. The van der Waals surface area contributed by atoms with Gasteiger partial charge in [-0.05, 0) is 52.6 Å². The molecule has 210 valence electrons. The minimum Gasteiger partial charge on any atom is -0.308 e. The smallest absolute Gasteiger partial charge is 0.0972 e. The Morgan fingerprint density at radius 1 is 0.422 bits per heavy atom. The number of fused-ring (bicyclic) bond motifs is 7. The Kier molecular flexibility index (Phi) is 5.82. The Balaban J connectivity index is 1.34. The van der Waals surface area contributed by atoms with E-state index in [2.05, 4.69) is 156 Å². The number of pyridine rings is 2. The fourth-order valence-corrected chi connectivity index (χ4v) is 6.68. The van der Waals surface area contributed by atoms with Gasteiger partial charge < -0.3 is 4.57 Å². The van der Waals surface area contributed by atoms with Crippen molar-refractivity contribution in [2.75, 3.05) is 0 Å². The van der Waals surface area contributed by atoms with Crippen molar-refractivity contribution < 1.29 is 0 Å². The van der Waals surface area contributed by atoms with Crippen LogP contribution in [0.2, 0.25) is 0 Å². The average Bonchev–Trinajstić information content (AvgIpc) is 3.47. The zero-order valence-corrected chi connectivity index (χ0v) is 24.4. The fraction of sp³-hybridized carbons (Fsp3) is 0. The van der Waals surface area contributed by atoms with Crippen LogP contribution in [0.1, 0.15) is 0 Å². The summed E-state index contributed by atoms with van der Waals surface area (Å²) in [5.74, 6) is 0. The molecule has 9 aromatic rings. The van der Waals surface area contributed by atoms with E-state index in [-0.39, 0.29) is 0 Å². The lowest BCUT2D eigenvalue weighted by molar-refractivity contribution is 1.17. The molecule has 0 spiro atoms. The van der Waals surface area contributed by atoms with Crippen LogP contribution in [0.4, 0.5) is 0 Å². The topological polar surface area (TPSA) is 30.7 Å². The molecule has 0 aliphatic heterocycles. The van der Waals surface area contributed by atoms with Crippen molar-refractivity contribution in [2.24, 2.45) is 0 Å². The van der Waals surface area contributed by atoms with Crippen molar-refractivity contribution in [1.29, 1.82) is 0 Å². The van der Waals surface area contributed by atoms with Gasteiger partial charge in [-0.3, -0.25) is 4.98 Å². The lowest BCUT2D eigenvalue weighted by Crippen LogP contribution is -1.97. The van der Waals surface area contributed by atoms with Gasteiger partial charge in [-0.15, -0.1) is 0 Å². The molecule has 0 amide bonds. The molecule has 0 saturated carbocycles. The summed E-state index contributed by atoms with van der Waals surface area (Å²) in [4.78, 5) is 10.3. The van der Waals surface area contributed by atoms with Gasteiger partial charge in [0.1, 0.15) is 0 Å². The van der Waals surface area contributed by atoms with Crippen LogP contribution < -0.4 is 0 Å². The molecular formula is C42H27N3. The van der Waals surface area contributed by atoms with Crippen molar-refractivity contribution in [1.82, 2.24) is 14.5 Å². The normalized spacial score (nSPS) is 11.6. The molecule has 3 aromatic heterocycles. The number of benzene rings is 6. The Labute approximate surface area is 260 Å². The van der Waals surface area contributed by atoms with Crippen LogP contribution in [0, 0.1) is 0 Å². The molecule has 3 heterocycles. The first-order valence-corrected chi connectivity index (χ1v) is 15.3. The average molecular weight is 574 g/mol. The second kappa shape index (κ2) is 10.3. The lowest BCUT2D eigenvalue weighted by atomic mass is 9.98. The minimum absolute atomic E-state index is 0.920. The first-order valence-electron chi connectivity index (χ1n) is 15.3. The molecule has 0 bridgehead atoms. The highest BCUT2D eigenvalue weighted by Crippen LogP contribution is 2.39. The number of nitrogens with zero attached hydrogens (tertiary/aromatic N) is 3. The third kappa shape index (κ3) is 4.21. The van der Waals surface area contributed by atoms with Gasteiger partial charge in [-0.25, -0.2) is 4.98 Å². The molecule has 45 heavy (non-hydrogen) atoms. The van der Waals surface area contributed by atoms with Crippen LogP contribution in [0.5, 0.6) is 0 Å². The number of rotatable bonds is 4. The van der Waals surface area contributed by atoms with Crippen molar-refractivity contribution in [2.45, 2.75) is 0 Å². The summed E-state index contributed by atoms with van der Waals surface area (Å²) in [6.07, 6.45) is 2.03. The van der Waals surface area contributed by atoms with E-state index in [4.69, 9.17) is 9.97 Å². The van der Waals surface area contributed by atoms with Gasteiger partial charge in [0.2, 0.25) is 0 Å². The van der Waals surface area contributed by atoms with Crippen LogP contribution in [-0.2, 0) is 0 Å². The van der Waals surface area contributed by atoms with Gasteiger partial charge in [0.25, 0.3) is 0 Å². The second-order valence-electron chi connectivity index (χ2n) is 11.5. The standard InChI is InChI=1S/C42H27N3/c1-4-12-28(13-5-1)32-24-33(29-14-6-2-7-15-29)26-34(25-32)45-38-19-11-10-18-35(38)40-36-22-20-31-21-23-37(30-16-8-3-9-17-30)44-41(31)42(36)43-27-39(40)45/h1-27H. The predicted molar refractivity (Wildman–Crippen MR) is 188 cm³/mol. The maximum Gasteiger partial charge on any atom is 0.0972 e. The Hall–Kier alpha value is -6.06. The van der Waals surface area contributed by atoms with Gasteiger partial charge >= 0.3 is 0 Å². The molecule has 0 fully saturated rings. The van der Waals surface area contributed by atoms with E-state index >= 15 is 0 Å². The molecule has 0 saturated heterocycles. The number of hydrogen-bond acceptors (Lipinski definition) is 2. The molecule has 0 atom stereocenters.